The zero-order valence-corrected chi connectivity index (χ0v) is 11.2. The molecule has 1 heterocycles. The summed E-state index contributed by atoms with van der Waals surface area (Å²) in [6.07, 6.45) is -0.815. The molecule has 0 radical (unpaired) electrons. The first kappa shape index (κ1) is 14.3. The molecule has 20 heavy (non-hydrogen) atoms. The van der Waals surface area contributed by atoms with Crippen LogP contribution in [0.3, 0.4) is 0 Å². The van der Waals surface area contributed by atoms with Gasteiger partial charge in [-0.25, -0.2) is 4.79 Å². The molecule has 1 fully saturated rings. The topological polar surface area (TPSA) is 84.9 Å². The molecule has 2 rings (SSSR count). The number of ether oxygens (including phenoxy) is 2. The molecule has 6 nitrogen and oxygen atoms in total. The van der Waals surface area contributed by atoms with Crippen molar-refractivity contribution in [2.45, 2.75) is 32.0 Å². The van der Waals surface area contributed by atoms with E-state index >= 15 is 0 Å². The number of hydrogen-bond donors (Lipinski definition) is 2. The van der Waals surface area contributed by atoms with Crippen molar-refractivity contribution >= 4 is 17.6 Å². The molecule has 1 aliphatic rings. The average molecular weight is 279 g/mol. The minimum atomic E-state index is -1.03. The highest BCUT2D eigenvalue weighted by molar-refractivity contribution is 5.94. The lowest BCUT2D eigenvalue weighted by Gasteiger charge is -2.12. The Morgan fingerprint density at radius 2 is 1.95 bits per heavy atom. The number of carbonyl (C=O) groups excluding carboxylic acids is 1. The van der Waals surface area contributed by atoms with Crippen LogP contribution in [0.25, 0.3) is 0 Å². The van der Waals surface area contributed by atoms with Gasteiger partial charge in [0.25, 0.3) is 5.91 Å². The maximum atomic E-state index is 11.9. The maximum absolute atomic E-state index is 11.9. The van der Waals surface area contributed by atoms with Gasteiger partial charge in [0.1, 0.15) is 11.9 Å². The fourth-order valence-electron chi connectivity index (χ4n) is 2.04. The molecule has 6 heteroatoms. The summed E-state index contributed by atoms with van der Waals surface area (Å²) in [4.78, 5) is 22.7. The van der Waals surface area contributed by atoms with Gasteiger partial charge >= 0.3 is 5.97 Å². The normalized spacial score (nSPS) is 21.4. The van der Waals surface area contributed by atoms with Gasteiger partial charge in [0.15, 0.2) is 6.10 Å². The van der Waals surface area contributed by atoms with Gasteiger partial charge in [0.05, 0.1) is 6.61 Å². The molecule has 0 saturated carbocycles. The summed E-state index contributed by atoms with van der Waals surface area (Å²) in [6, 6.07) is 6.97. The van der Waals surface area contributed by atoms with E-state index in [0.717, 1.165) is 5.75 Å². The van der Waals surface area contributed by atoms with Gasteiger partial charge in [-0.05, 0) is 44.0 Å². The summed E-state index contributed by atoms with van der Waals surface area (Å²) < 4.78 is 10.5. The third-order valence-electron chi connectivity index (χ3n) is 3.02. The summed E-state index contributed by atoms with van der Waals surface area (Å²) in [5, 5.41) is 11.5. The molecule has 1 aromatic rings. The van der Waals surface area contributed by atoms with E-state index in [1.165, 1.54) is 0 Å². The van der Waals surface area contributed by atoms with Crippen molar-refractivity contribution < 1.29 is 24.2 Å². The van der Waals surface area contributed by atoms with E-state index in [1.807, 2.05) is 6.92 Å². The van der Waals surface area contributed by atoms with Gasteiger partial charge in [0, 0.05) is 5.69 Å². The molecule has 1 amide bonds. The standard InChI is InChI=1S/C14H17NO5/c1-2-19-10-5-3-9(4-6-10)15-13(16)11-7-8-12(20-11)14(17)18/h3-6,11-12H,2,7-8H2,1H3,(H,15,16)(H,17,18). The van der Waals surface area contributed by atoms with Crippen LogP contribution in [0.2, 0.25) is 0 Å². The van der Waals surface area contributed by atoms with Crippen LogP contribution in [0.5, 0.6) is 5.75 Å². The van der Waals surface area contributed by atoms with Crippen molar-refractivity contribution in [3.05, 3.63) is 24.3 Å². The van der Waals surface area contributed by atoms with Gasteiger partial charge in [-0.3, -0.25) is 4.79 Å². The molecule has 108 valence electrons. The van der Waals surface area contributed by atoms with Gasteiger partial charge in [0.2, 0.25) is 0 Å². The van der Waals surface area contributed by atoms with E-state index in [0.29, 0.717) is 25.1 Å². The van der Waals surface area contributed by atoms with Gasteiger partial charge in [-0.1, -0.05) is 0 Å². The highest BCUT2D eigenvalue weighted by Crippen LogP contribution is 2.22. The molecule has 2 N–H and O–H groups in total. The number of carboxylic acids is 1. The first-order valence-electron chi connectivity index (χ1n) is 6.52. The molecule has 2 atom stereocenters. The Hall–Kier alpha value is -2.08. The number of amides is 1. The Labute approximate surface area is 116 Å². The van der Waals surface area contributed by atoms with E-state index in [2.05, 4.69) is 5.32 Å². The Morgan fingerprint density at radius 1 is 1.30 bits per heavy atom. The van der Waals surface area contributed by atoms with Gasteiger partial charge < -0.3 is 19.9 Å². The zero-order chi connectivity index (χ0) is 14.5. The molecule has 1 aliphatic heterocycles. The number of nitrogens with one attached hydrogen (secondary N) is 1. The van der Waals surface area contributed by atoms with E-state index in [9.17, 15) is 9.59 Å². The van der Waals surface area contributed by atoms with E-state index in [-0.39, 0.29) is 5.91 Å². The van der Waals surface area contributed by atoms with Gasteiger partial charge in [-0.2, -0.15) is 0 Å². The molecule has 0 aromatic heterocycles. The largest absolute Gasteiger partial charge is 0.494 e. The Bertz CT molecular complexity index is 485. The van der Waals surface area contributed by atoms with Gasteiger partial charge in [-0.15, -0.1) is 0 Å². The van der Waals surface area contributed by atoms with Crippen molar-refractivity contribution in [3.63, 3.8) is 0 Å². The lowest BCUT2D eigenvalue weighted by Crippen LogP contribution is -2.29. The molecule has 0 aliphatic carbocycles. The molecular weight excluding hydrogens is 262 g/mol. The molecule has 0 bridgehead atoms. The monoisotopic (exact) mass is 279 g/mol. The summed E-state index contributed by atoms with van der Waals surface area (Å²) in [5.41, 5.74) is 0.626. The minimum Gasteiger partial charge on any atom is -0.494 e. The van der Waals surface area contributed by atoms with Crippen molar-refractivity contribution in [3.8, 4) is 5.75 Å². The predicted molar refractivity (Wildman–Crippen MR) is 71.8 cm³/mol. The van der Waals surface area contributed by atoms with Crippen LogP contribution in [-0.4, -0.2) is 35.8 Å². The SMILES string of the molecule is CCOc1ccc(NC(=O)C2CCC(C(=O)O)O2)cc1. The highest BCUT2D eigenvalue weighted by atomic mass is 16.5. The fourth-order valence-corrected chi connectivity index (χ4v) is 2.04. The van der Waals surface area contributed by atoms with Crippen LogP contribution in [0, 0.1) is 0 Å². The van der Waals surface area contributed by atoms with Crippen molar-refractivity contribution in [2.75, 3.05) is 11.9 Å². The first-order chi connectivity index (χ1) is 9.60. The van der Waals surface area contributed by atoms with Crippen LogP contribution >= 0.6 is 0 Å². The molecule has 1 saturated heterocycles. The third kappa shape index (κ3) is 3.48. The van der Waals surface area contributed by atoms with Crippen molar-refractivity contribution in [1.29, 1.82) is 0 Å². The second kappa shape index (κ2) is 6.38. The number of anilines is 1. The fraction of sp³-hybridized carbons (Fsp3) is 0.429. The average Bonchev–Trinajstić information content (AvgIpc) is 2.91. The number of aliphatic carboxylic acids is 1. The van der Waals surface area contributed by atoms with Crippen LogP contribution in [0.4, 0.5) is 5.69 Å². The van der Waals surface area contributed by atoms with Crippen LogP contribution < -0.4 is 10.1 Å². The smallest absolute Gasteiger partial charge is 0.332 e. The highest BCUT2D eigenvalue weighted by Gasteiger charge is 2.34. The molecule has 0 spiro atoms. The van der Waals surface area contributed by atoms with E-state index in [4.69, 9.17) is 14.6 Å². The third-order valence-corrected chi connectivity index (χ3v) is 3.02. The first-order valence-corrected chi connectivity index (χ1v) is 6.52. The number of benzene rings is 1. The summed E-state index contributed by atoms with van der Waals surface area (Å²) in [5.74, 6) is -0.618. The van der Waals surface area contributed by atoms with Crippen LogP contribution in [0.15, 0.2) is 24.3 Å². The lowest BCUT2D eigenvalue weighted by atomic mass is 10.2. The molecular formula is C14H17NO5. The van der Waals surface area contributed by atoms with Crippen molar-refractivity contribution in [1.82, 2.24) is 0 Å². The second-order valence-corrected chi connectivity index (χ2v) is 4.48. The Balaban J connectivity index is 1.90. The molecule has 2 unspecified atom stereocenters. The number of carbonyl (C=O) groups is 2. The number of carboxylic acid groups (broad SMARTS) is 1. The quantitative estimate of drug-likeness (QED) is 0.856. The molecule has 1 aromatic carbocycles. The van der Waals surface area contributed by atoms with Crippen molar-refractivity contribution in [2.24, 2.45) is 0 Å². The lowest BCUT2D eigenvalue weighted by molar-refractivity contribution is -0.150. The van der Waals surface area contributed by atoms with Crippen LogP contribution in [-0.2, 0) is 14.3 Å². The second-order valence-electron chi connectivity index (χ2n) is 4.48. The maximum Gasteiger partial charge on any atom is 0.332 e. The zero-order valence-electron chi connectivity index (χ0n) is 11.2. The van der Waals surface area contributed by atoms with E-state index in [1.54, 1.807) is 24.3 Å². The summed E-state index contributed by atoms with van der Waals surface area (Å²) in [6.45, 7) is 2.48. The summed E-state index contributed by atoms with van der Waals surface area (Å²) in [7, 11) is 0. The predicted octanol–water partition coefficient (Wildman–Crippen LogP) is 1.66. The Morgan fingerprint density at radius 3 is 2.50 bits per heavy atom. The summed E-state index contributed by atoms with van der Waals surface area (Å²) >= 11 is 0. The number of hydrogen-bond acceptors (Lipinski definition) is 4. The Kier molecular flexibility index (Phi) is 4.57. The van der Waals surface area contributed by atoms with Crippen LogP contribution in [0.1, 0.15) is 19.8 Å². The minimum absolute atomic E-state index is 0.321. The van der Waals surface area contributed by atoms with E-state index < -0.39 is 18.2 Å². The number of rotatable bonds is 5.